The molecular weight excluding hydrogens is 189 g/mol. The molecule has 1 aromatic rings. The standard InChI is InChI=1S/C13H18FN/c1-10-9-11(5-6-12(10)14)13(15)7-3-2-4-8-13/h5-6,9H,2-4,7-8,15H2,1H3. The summed E-state index contributed by atoms with van der Waals surface area (Å²) in [7, 11) is 0. The zero-order valence-corrected chi connectivity index (χ0v) is 9.22. The van der Waals surface area contributed by atoms with Gasteiger partial charge >= 0.3 is 0 Å². The fraction of sp³-hybridized carbons (Fsp3) is 0.538. The van der Waals surface area contributed by atoms with Gasteiger partial charge in [0.1, 0.15) is 5.82 Å². The number of hydrogen-bond acceptors (Lipinski definition) is 1. The Morgan fingerprint density at radius 1 is 1.20 bits per heavy atom. The molecule has 1 aromatic carbocycles. The van der Waals surface area contributed by atoms with Crippen LogP contribution in [0.25, 0.3) is 0 Å². The molecule has 0 aliphatic heterocycles. The molecule has 0 atom stereocenters. The second-order valence-corrected chi connectivity index (χ2v) is 4.68. The topological polar surface area (TPSA) is 26.0 Å². The van der Waals surface area contributed by atoms with Crippen molar-refractivity contribution in [2.75, 3.05) is 0 Å². The molecule has 0 amide bonds. The van der Waals surface area contributed by atoms with E-state index in [4.69, 9.17) is 5.73 Å². The van der Waals surface area contributed by atoms with Crippen LogP contribution in [0.15, 0.2) is 18.2 Å². The second-order valence-electron chi connectivity index (χ2n) is 4.68. The average molecular weight is 207 g/mol. The van der Waals surface area contributed by atoms with Gasteiger partial charge in [0.2, 0.25) is 0 Å². The largest absolute Gasteiger partial charge is 0.321 e. The van der Waals surface area contributed by atoms with Crippen LogP contribution < -0.4 is 5.73 Å². The first-order valence-corrected chi connectivity index (χ1v) is 5.67. The summed E-state index contributed by atoms with van der Waals surface area (Å²) < 4.78 is 13.1. The minimum absolute atomic E-state index is 0.141. The molecule has 2 heteroatoms. The highest BCUT2D eigenvalue weighted by Gasteiger charge is 2.29. The predicted molar refractivity (Wildman–Crippen MR) is 60.1 cm³/mol. The zero-order valence-electron chi connectivity index (χ0n) is 9.22. The molecule has 0 aromatic heterocycles. The van der Waals surface area contributed by atoms with Gasteiger partial charge in [-0.05, 0) is 37.0 Å². The van der Waals surface area contributed by atoms with Crippen LogP contribution >= 0.6 is 0 Å². The minimum Gasteiger partial charge on any atom is -0.321 e. The highest BCUT2D eigenvalue weighted by atomic mass is 19.1. The molecule has 1 fully saturated rings. The van der Waals surface area contributed by atoms with Gasteiger partial charge in [-0.2, -0.15) is 0 Å². The monoisotopic (exact) mass is 207 g/mol. The van der Waals surface area contributed by atoms with Crippen LogP contribution in [0.2, 0.25) is 0 Å². The van der Waals surface area contributed by atoms with E-state index >= 15 is 0 Å². The van der Waals surface area contributed by atoms with Crippen LogP contribution in [0.1, 0.15) is 43.2 Å². The molecule has 0 bridgehead atoms. The van der Waals surface area contributed by atoms with Crippen LogP contribution in [-0.2, 0) is 5.54 Å². The van der Waals surface area contributed by atoms with Gasteiger partial charge in [-0.25, -0.2) is 4.39 Å². The van der Waals surface area contributed by atoms with E-state index < -0.39 is 0 Å². The third kappa shape index (κ3) is 2.05. The Morgan fingerprint density at radius 2 is 1.87 bits per heavy atom. The Kier molecular flexibility index (Phi) is 2.79. The van der Waals surface area contributed by atoms with E-state index in [0.717, 1.165) is 18.4 Å². The van der Waals surface area contributed by atoms with Gasteiger partial charge < -0.3 is 5.73 Å². The van der Waals surface area contributed by atoms with Crippen LogP contribution in [0.4, 0.5) is 4.39 Å². The van der Waals surface area contributed by atoms with Crippen LogP contribution in [0.3, 0.4) is 0 Å². The molecule has 1 nitrogen and oxygen atoms in total. The summed E-state index contributed by atoms with van der Waals surface area (Å²) in [5.41, 5.74) is 7.96. The summed E-state index contributed by atoms with van der Waals surface area (Å²) in [5, 5.41) is 0. The van der Waals surface area contributed by atoms with Gasteiger partial charge in [-0.3, -0.25) is 0 Å². The molecule has 0 unspecified atom stereocenters. The van der Waals surface area contributed by atoms with Gasteiger partial charge in [0.15, 0.2) is 0 Å². The van der Waals surface area contributed by atoms with Crippen molar-refractivity contribution in [3.63, 3.8) is 0 Å². The lowest BCUT2D eigenvalue weighted by atomic mass is 9.77. The Labute approximate surface area is 90.5 Å². The number of halogens is 1. The van der Waals surface area contributed by atoms with Gasteiger partial charge in [0.05, 0.1) is 0 Å². The van der Waals surface area contributed by atoms with E-state index in [1.54, 1.807) is 6.92 Å². The smallest absolute Gasteiger partial charge is 0.126 e. The summed E-state index contributed by atoms with van der Waals surface area (Å²) in [6.45, 7) is 1.80. The molecule has 1 saturated carbocycles. The maximum Gasteiger partial charge on any atom is 0.126 e. The summed E-state index contributed by atoms with van der Waals surface area (Å²) in [4.78, 5) is 0. The Bertz CT molecular complexity index is 354. The van der Waals surface area contributed by atoms with Gasteiger partial charge in [-0.15, -0.1) is 0 Å². The number of benzene rings is 1. The van der Waals surface area contributed by atoms with Crippen molar-refractivity contribution in [2.24, 2.45) is 5.73 Å². The van der Waals surface area contributed by atoms with E-state index in [9.17, 15) is 4.39 Å². The van der Waals surface area contributed by atoms with Gasteiger partial charge in [-0.1, -0.05) is 31.4 Å². The van der Waals surface area contributed by atoms with Crippen molar-refractivity contribution in [2.45, 2.75) is 44.6 Å². The van der Waals surface area contributed by atoms with Crippen LogP contribution in [0.5, 0.6) is 0 Å². The Hall–Kier alpha value is -0.890. The molecule has 1 aliphatic carbocycles. The normalized spacial score (nSPS) is 20.2. The first-order valence-electron chi connectivity index (χ1n) is 5.67. The number of hydrogen-bond donors (Lipinski definition) is 1. The Balaban J connectivity index is 2.31. The number of nitrogens with two attached hydrogens (primary N) is 1. The van der Waals surface area contributed by atoms with E-state index in [-0.39, 0.29) is 11.4 Å². The highest BCUT2D eigenvalue weighted by Crippen LogP contribution is 2.35. The highest BCUT2D eigenvalue weighted by molar-refractivity contribution is 5.30. The molecule has 82 valence electrons. The first-order chi connectivity index (χ1) is 7.12. The lowest BCUT2D eigenvalue weighted by molar-refractivity contribution is 0.302. The SMILES string of the molecule is Cc1cc(C2(N)CCCCC2)ccc1F. The van der Waals surface area contributed by atoms with Crippen molar-refractivity contribution in [3.05, 3.63) is 35.1 Å². The predicted octanol–water partition coefficient (Wildman–Crippen LogP) is 3.25. The van der Waals surface area contributed by atoms with Crippen molar-refractivity contribution in [3.8, 4) is 0 Å². The third-order valence-corrected chi connectivity index (χ3v) is 3.48. The van der Waals surface area contributed by atoms with E-state index in [0.29, 0.717) is 5.56 Å². The van der Waals surface area contributed by atoms with Crippen molar-refractivity contribution in [1.82, 2.24) is 0 Å². The molecule has 15 heavy (non-hydrogen) atoms. The zero-order chi connectivity index (χ0) is 10.9. The number of aryl methyl sites for hydroxylation is 1. The van der Waals surface area contributed by atoms with E-state index in [1.165, 1.54) is 25.3 Å². The summed E-state index contributed by atoms with van der Waals surface area (Å²) in [5.74, 6) is -0.141. The number of rotatable bonds is 1. The maximum atomic E-state index is 13.1. The van der Waals surface area contributed by atoms with Crippen LogP contribution in [-0.4, -0.2) is 0 Å². The molecule has 2 rings (SSSR count). The van der Waals surface area contributed by atoms with E-state index in [2.05, 4.69) is 0 Å². The summed E-state index contributed by atoms with van der Waals surface area (Å²) in [6.07, 6.45) is 5.70. The van der Waals surface area contributed by atoms with Gasteiger partial charge in [0.25, 0.3) is 0 Å². The Morgan fingerprint density at radius 3 is 2.47 bits per heavy atom. The van der Waals surface area contributed by atoms with Crippen molar-refractivity contribution < 1.29 is 4.39 Å². The first kappa shape index (κ1) is 10.6. The van der Waals surface area contributed by atoms with Crippen molar-refractivity contribution in [1.29, 1.82) is 0 Å². The summed E-state index contributed by atoms with van der Waals surface area (Å²) in [6, 6.07) is 5.28. The molecule has 2 N–H and O–H groups in total. The molecule has 0 spiro atoms. The average Bonchev–Trinajstić information content (AvgIpc) is 2.23. The molecule has 0 heterocycles. The van der Waals surface area contributed by atoms with E-state index in [1.807, 2.05) is 12.1 Å². The fourth-order valence-electron chi connectivity index (χ4n) is 2.43. The third-order valence-electron chi connectivity index (χ3n) is 3.48. The van der Waals surface area contributed by atoms with Crippen molar-refractivity contribution >= 4 is 0 Å². The maximum absolute atomic E-state index is 13.1. The molecular formula is C13H18FN. The molecule has 0 saturated heterocycles. The van der Waals surface area contributed by atoms with Gasteiger partial charge in [0, 0.05) is 5.54 Å². The minimum atomic E-state index is -0.212. The lowest BCUT2D eigenvalue weighted by Crippen LogP contribution is -2.38. The quantitative estimate of drug-likeness (QED) is 0.751. The molecule has 0 radical (unpaired) electrons. The molecule has 1 aliphatic rings. The lowest BCUT2D eigenvalue weighted by Gasteiger charge is -2.34. The fourth-order valence-corrected chi connectivity index (χ4v) is 2.43. The summed E-state index contributed by atoms with van der Waals surface area (Å²) >= 11 is 0. The van der Waals surface area contributed by atoms with Crippen LogP contribution in [0, 0.1) is 12.7 Å². The second kappa shape index (κ2) is 3.93.